The maximum Gasteiger partial charge on any atom is 0.243 e. The predicted octanol–water partition coefficient (Wildman–Crippen LogP) is 4.19. The number of hydrogen-bond donors (Lipinski definition) is 1. The van der Waals surface area contributed by atoms with Gasteiger partial charge in [-0.3, -0.25) is 4.79 Å². The van der Waals surface area contributed by atoms with E-state index in [1.807, 2.05) is 9.21 Å². The lowest BCUT2D eigenvalue weighted by atomic mass is 9.78. The monoisotopic (exact) mass is 505 g/mol. The second-order valence-electron chi connectivity index (χ2n) is 11.5. The predicted molar refractivity (Wildman–Crippen MR) is 132 cm³/mol. The summed E-state index contributed by atoms with van der Waals surface area (Å²) >= 11 is 6.06. The van der Waals surface area contributed by atoms with Crippen molar-refractivity contribution in [2.24, 2.45) is 11.3 Å². The van der Waals surface area contributed by atoms with Gasteiger partial charge in [0, 0.05) is 42.2 Å². The number of rotatable bonds is 6. The molecule has 186 valence electrons. The molecule has 0 unspecified atom stereocenters. The van der Waals surface area contributed by atoms with Gasteiger partial charge in [-0.15, -0.1) is 0 Å². The SMILES string of the molecule is O=C(CC1([C@H]2CCC[C@@H](C3CC3)N2S(=O)(=O)c2ccc(Cl)cc2)CC1)N1CCC2(CCN2)CC1. The number of nitrogens with zero attached hydrogens (tertiary/aromatic N) is 2. The molecule has 6 rings (SSSR count). The molecule has 34 heavy (non-hydrogen) atoms. The normalized spacial score (nSPS) is 30.7. The van der Waals surface area contributed by atoms with Crippen LogP contribution in [-0.2, 0) is 14.8 Å². The second kappa shape index (κ2) is 8.46. The van der Waals surface area contributed by atoms with Crippen LogP contribution in [-0.4, -0.2) is 60.8 Å². The van der Waals surface area contributed by atoms with Gasteiger partial charge >= 0.3 is 0 Å². The van der Waals surface area contributed by atoms with Crippen molar-refractivity contribution in [3.63, 3.8) is 0 Å². The Morgan fingerprint density at radius 3 is 2.24 bits per heavy atom. The van der Waals surface area contributed by atoms with Crippen LogP contribution in [0.25, 0.3) is 0 Å². The van der Waals surface area contributed by atoms with Crippen LogP contribution < -0.4 is 5.32 Å². The molecule has 3 aliphatic heterocycles. The number of hydrogen-bond acceptors (Lipinski definition) is 4. The van der Waals surface area contributed by atoms with Crippen LogP contribution in [0.15, 0.2) is 29.2 Å². The molecule has 2 atom stereocenters. The molecule has 0 aromatic heterocycles. The van der Waals surface area contributed by atoms with Crippen molar-refractivity contribution in [2.45, 2.75) is 93.1 Å². The van der Waals surface area contributed by atoms with Crippen molar-refractivity contribution in [2.75, 3.05) is 19.6 Å². The van der Waals surface area contributed by atoms with E-state index in [1.54, 1.807) is 24.3 Å². The zero-order chi connectivity index (χ0) is 23.6. The molecular weight excluding hydrogens is 470 g/mol. The summed E-state index contributed by atoms with van der Waals surface area (Å²) < 4.78 is 29.9. The fourth-order valence-electron chi connectivity index (χ4n) is 6.87. The molecule has 3 saturated heterocycles. The van der Waals surface area contributed by atoms with Crippen molar-refractivity contribution in [3.05, 3.63) is 29.3 Å². The van der Waals surface area contributed by atoms with Crippen LogP contribution in [0.1, 0.15) is 70.6 Å². The molecule has 2 aliphatic carbocycles. The Balaban J connectivity index is 1.24. The molecule has 1 aromatic rings. The number of benzene rings is 1. The molecule has 5 fully saturated rings. The topological polar surface area (TPSA) is 69.7 Å². The highest BCUT2D eigenvalue weighted by molar-refractivity contribution is 7.89. The smallest absolute Gasteiger partial charge is 0.243 e. The average molecular weight is 506 g/mol. The van der Waals surface area contributed by atoms with Crippen molar-refractivity contribution in [3.8, 4) is 0 Å². The molecular formula is C26H36ClN3O3S. The van der Waals surface area contributed by atoms with Gasteiger partial charge in [-0.1, -0.05) is 18.0 Å². The summed E-state index contributed by atoms with van der Waals surface area (Å²) in [5, 5.41) is 4.12. The van der Waals surface area contributed by atoms with E-state index in [9.17, 15) is 13.2 Å². The first-order valence-electron chi connectivity index (χ1n) is 13.1. The first-order valence-corrected chi connectivity index (χ1v) is 15.0. The molecule has 8 heteroatoms. The van der Waals surface area contributed by atoms with E-state index in [4.69, 9.17) is 11.6 Å². The van der Waals surface area contributed by atoms with E-state index < -0.39 is 10.0 Å². The summed E-state index contributed by atoms with van der Waals surface area (Å²) in [6.45, 7) is 2.74. The van der Waals surface area contributed by atoms with Crippen molar-refractivity contribution >= 4 is 27.5 Å². The number of nitrogens with one attached hydrogen (secondary N) is 1. The highest BCUT2D eigenvalue weighted by Gasteiger charge is 2.59. The van der Waals surface area contributed by atoms with Gasteiger partial charge in [-0.2, -0.15) is 4.31 Å². The lowest BCUT2D eigenvalue weighted by molar-refractivity contribution is -0.135. The first-order chi connectivity index (χ1) is 16.3. The molecule has 1 amide bonds. The highest BCUT2D eigenvalue weighted by atomic mass is 35.5. The molecule has 1 N–H and O–H groups in total. The number of carbonyl (C=O) groups is 1. The molecule has 1 aromatic carbocycles. The number of sulfonamides is 1. The summed E-state index contributed by atoms with van der Waals surface area (Å²) in [4.78, 5) is 15.8. The van der Waals surface area contributed by atoms with Gasteiger partial charge < -0.3 is 10.2 Å². The Hall–Kier alpha value is -1.15. The second-order valence-corrected chi connectivity index (χ2v) is 13.8. The average Bonchev–Trinajstić information content (AvgIpc) is 3.73. The summed E-state index contributed by atoms with van der Waals surface area (Å²) in [6, 6.07) is 6.57. The van der Waals surface area contributed by atoms with Gasteiger partial charge in [0.25, 0.3) is 0 Å². The number of piperidine rings is 2. The van der Waals surface area contributed by atoms with E-state index in [2.05, 4.69) is 5.32 Å². The van der Waals surface area contributed by atoms with E-state index in [0.717, 1.165) is 77.4 Å². The quantitative estimate of drug-likeness (QED) is 0.629. The summed E-state index contributed by atoms with van der Waals surface area (Å²) in [5.74, 6) is 0.689. The third kappa shape index (κ3) is 4.10. The third-order valence-corrected chi connectivity index (χ3v) is 11.6. The van der Waals surface area contributed by atoms with Crippen molar-refractivity contribution < 1.29 is 13.2 Å². The standard InChI is InChI=1S/C26H36ClN3O3S/c27-20-6-8-21(9-7-20)34(32,33)30-22(19-4-5-19)2-1-3-23(30)25(10-11-25)18-24(31)29-16-13-26(14-17-29)12-15-28-26/h6-9,19,22-23,28H,1-5,10-18H2/t22-,23+/m0/s1. The van der Waals surface area contributed by atoms with E-state index in [0.29, 0.717) is 22.3 Å². The lowest BCUT2D eigenvalue weighted by Crippen LogP contribution is -2.62. The summed E-state index contributed by atoms with van der Waals surface area (Å²) in [5.41, 5.74) is 0.0757. The number of amides is 1. The van der Waals surface area contributed by atoms with Crippen molar-refractivity contribution in [1.82, 2.24) is 14.5 Å². The maximum atomic E-state index is 14.0. The fraction of sp³-hybridized carbons (Fsp3) is 0.731. The zero-order valence-corrected chi connectivity index (χ0v) is 21.4. The van der Waals surface area contributed by atoms with E-state index in [-0.39, 0.29) is 28.9 Å². The first kappa shape index (κ1) is 23.3. The van der Waals surface area contributed by atoms with Crippen molar-refractivity contribution in [1.29, 1.82) is 0 Å². The number of carbonyl (C=O) groups excluding carboxylic acids is 1. The zero-order valence-electron chi connectivity index (χ0n) is 19.8. The third-order valence-electron chi connectivity index (χ3n) is 9.45. The van der Waals surface area contributed by atoms with E-state index in [1.165, 1.54) is 6.42 Å². The Kier molecular flexibility index (Phi) is 5.79. The largest absolute Gasteiger partial charge is 0.343 e. The Bertz CT molecular complexity index is 1040. The van der Waals surface area contributed by atoms with E-state index >= 15 is 0 Å². The maximum absolute atomic E-state index is 14.0. The van der Waals surface area contributed by atoms with Crippen LogP contribution >= 0.6 is 11.6 Å². The molecule has 6 nitrogen and oxygen atoms in total. The lowest BCUT2D eigenvalue weighted by Gasteiger charge is -2.49. The van der Waals surface area contributed by atoms with Gasteiger partial charge in [-0.05, 0) is 99.9 Å². The molecule has 5 aliphatic rings. The fourth-order valence-corrected chi connectivity index (χ4v) is 9.02. The van der Waals surface area contributed by atoms with Gasteiger partial charge in [0.2, 0.25) is 15.9 Å². The van der Waals surface area contributed by atoms with Crippen LogP contribution in [0.5, 0.6) is 0 Å². The minimum absolute atomic E-state index is 0.0616. The van der Waals surface area contributed by atoms with Crippen LogP contribution in [0.4, 0.5) is 0 Å². The minimum atomic E-state index is -3.66. The molecule has 3 heterocycles. The minimum Gasteiger partial charge on any atom is -0.343 e. The van der Waals surface area contributed by atoms with Gasteiger partial charge in [0.05, 0.1) is 4.90 Å². The van der Waals surface area contributed by atoms with Gasteiger partial charge in [0.1, 0.15) is 0 Å². The Morgan fingerprint density at radius 2 is 1.68 bits per heavy atom. The van der Waals surface area contributed by atoms with Gasteiger partial charge in [0.15, 0.2) is 0 Å². The number of halogens is 1. The molecule has 2 saturated carbocycles. The number of likely N-dealkylation sites (tertiary alicyclic amines) is 1. The van der Waals surface area contributed by atoms with Crippen LogP contribution in [0, 0.1) is 11.3 Å². The highest BCUT2D eigenvalue weighted by Crippen LogP contribution is 2.58. The van der Waals surface area contributed by atoms with Crippen LogP contribution in [0.2, 0.25) is 5.02 Å². The summed E-state index contributed by atoms with van der Waals surface area (Å²) in [6.07, 6.45) is 10.7. The molecule has 0 bridgehead atoms. The Morgan fingerprint density at radius 1 is 1.00 bits per heavy atom. The van der Waals surface area contributed by atoms with Gasteiger partial charge in [-0.25, -0.2) is 8.42 Å². The molecule has 0 radical (unpaired) electrons. The molecule has 1 spiro atoms. The summed E-state index contributed by atoms with van der Waals surface area (Å²) in [7, 11) is -3.66. The van der Waals surface area contributed by atoms with Crippen LogP contribution in [0.3, 0.4) is 0 Å². The Labute approximate surface area is 208 Å².